The lowest BCUT2D eigenvalue weighted by Crippen LogP contribution is -2.43. The lowest BCUT2D eigenvalue weighted by Gasteiger charge is -2.33. The van der Waals surface area contributed by atoms with E-state index in [1.54, 1.807) is 12.4 Å². The second-order valence-electron chi connectivity index (χ2n) is 3.78. The quantitative estimate of drug-likeness (QED) is 0.683. The van der Waals surface area contributed by atoms with Gasteiger partial charge in [-0.1, -0.05) is 0 Å². The molecule has 4 N–H and O–H groups in total. The van der Waals surface area contributed by atoms with Gasteiger partial charge in [0.2, 0.25) is 0 Å². The van der Waals surface area contributed by atoms with Gasteiger partial charge in [-0.15, -0.1) is 0 Å². The summed E-state index contributed by atoms with van der Waals surface area (Å²) in [6.07, 6.45) is 5.71. The summed E-state index contributed by atoms with van der Waals surface area (Å²) in [5.41, 5.74) is 13.6. The lowest BCUT2D eigenvalue weighted by molar-refractivity contribution is 0.506. The van der Waals surface area contributed by atoms with E-state index in [-0.39, 0.29) is 6.04 Å². The second kappa shape index (κ2) is 3.84. The van der Waals surface area contributed by atoms with Gasteiger partial charge < -0.3 is 16.4 Å². The summed E-state index contributed by atoms with van der Waals surface area (Å²) in [6, 6.07) is 2.23. The molecule has 1 atom stereocenters. The molecule has 0 aromatic carbocycles. The van der Waals surface area contributed by atoms with Crippen LogP contribution in [-0.2, 0) is 0 Å². The van der Waals surface area contributed by atoms with Crippen molar-refractivity contribution >= 4 is 11.4 Å². The predicted molar refractivity (Wildman–Crippen MR) is 58.1 cm³/mol. The molecule has 0 saturated carbocycles. The van der Waals surface area contributed by atoms with Gasteiger partial charge in [-0.05, 0) is 18.9 Å². The first-order valence-electron chi connectivity index (χ1n) is 4.97. The minimum atomic E-state index is 0.274. The van der Waals surface area contributed by atoms with Crippen LogP contribution in [0.25, 0.3) is 0 Å². The van der Waals surface area contributed by atoms with E-state index in [1.807, 2.05) is 6.07 Å². The highest BCUT2D eigenvalue weighted by molar-refractivity contribution is 5.66. The first-order chi connectivity index (χ1) is 6.77. The van der Waals surface area contributed by atoms with Gasteiger partial charge >= 0.3 is 0 Å². The summed E-state index contributed by atoms with van der Waals surface area (Å²) < 4.78 is 0. The smallest absolute Gasteiger partial charge is 0.0738 e. The average molecular weight is 192 g/mol. The van der Waals surface area contributed by atoms with Gasteiger partial charge in [0, 0.05) is 25.3 Å². The fourth-order valence-corrected chi connectivity index (χ4v) is 1.92. The number of hydrogen-bond acceptors (Lipinski definition) is 4. The number of nitrogens with two attached hydrogens (primary N) is 2. The maximum atomic E-state index is 5.91. The molecule has 0 aliphatic carbocycles. The standard InChI is InChI=1S/C10H16N4/c11-8-2-1-5-14(7-8)10-3-4-13-6-9(10)12/h3-4,6,8H,1-2,5,7,11-12H2. The fourth-order valence-electron chi connectivity index (χ4n) is 1.92. The number of anilines is 2. The summed E-state index contributed by atoms with van der Waals surface area (Å²) in [6.45, 7) is 1.94. The summed E-state index contributed by atoms with van der Waals surface area (Å²) >= 11 is 0. The maximum absolute atomic E-state index is 5.91. The van der Waals surface area contributed by atoms with Crippen LogP contribution in [0.15, 0.2) is 18.5 Å². The Morgan fingerprint density at radius 2 is 2.36 bits per heavy atom. The van der Waals surface area contributed by atoms with Crippen molar-refractivity contribution in [1.29, 1.82) is 0 Å². The Balaban J connectivity index is 2.18. The van der Waals surface area contributed by atoms with Gasteiger partial charge in [-0.2, -0.15) is 0 Å². The van der Waals surface area contributed by atoms with Crippen LogP contribution in [0.1, 0.15) is 12.8 Å². The average Bonchev–Trinajstić information content (AvgIpc) is 2.18. The lowest BCUT2D eigenvalue weighted by atomic mass is 10.1. The Morgan fingerprint density at radius 3 is 3.07 bits per heavy atom. The number of rotatable bonds is 1. The van der Waals surface area contributed by atoms with Crippen LogP contribution in [0.2, 0.25) is 0 Å². The second-order valence-corrected chi connectivity index (χ2v) is 3.78. The molecule has 0 radical (unpaired) electrons. The van der Waals surface area contributed by atoms with Gasteiger partial charge in [0.15, 0.2) is 0 Å². The van der Waals surface area contributed by atoms with Crippen molar-refractivity contribution in [2.45, 2.75) is 18.9 Å². The van der Waals surface area contributed by atoms with Crippen molar-refractivity contribution in [3.05, 3.63) is 18.5 Å². The molecule has 4 heteroatoms. The monoisotopic (exact) mass is 192 g/mol. The molecule has 1 aliphatic rings. The zero-order valence-electron chi connectivity index (χ0n) is 8.19. The number of piperidine rings is 1. The molecule has 1 aromatic heterocycles. The number of pyridine rings is 1. The van der Waals surface area contributed by atoms with E-state index in [9.17, 15) is 0 Å². The van der Waals surface area contributed by atoms with E-state index < -0.39 is 0 Å². The highest BCUT2D eigenvalue weighted by atomic mass is 15.2. The van der Waals surface area contributed by atoms with Crippen molar-refractivity contribution in [2.75, 3.05) is 23.7 Å². The molecule has 1 aromatic rings. The maximum Gasteiger partial charge on any atom is 0.0738 e. The van der Waals surface area contributed by atoms with Crippen molar-refractivity contribution in [2.24, 2.45) is 5.73 Å². The van der Waals surface area contributed by atoms with E-state index in [0.717, 1.165) is 37.3 Å². The van der Waals surface area contributed by atoms with Crippen LogP contribution >= 0.6 is 0 Å². The van der Waals surface area contributed by atoms with Crippen LogP contribution < -0.4 is 16.4 Å². The molecular formula is C10H16N4. The van der Waals surface area contributed by atoms with Gasteiger partial charge in [-0.3, -0.25) is 4.98 Å². The topological polar surface area (TPSA) is 68.2 Å². The number of hydrogen-bond donors (Lipinski definition) is 2. The Kier molecular flexibility index (Phi) is 2.54. The van der Waals surface area contributed by atoms with Crippen molar-refractivity contribution < 1.29 is 0 Å². The van der Waals surface area contributed by atoms with Gasteiger partial charge in [0.25, 0.3) is 0 Å². The Bertz CT molecular complexity index is 313. The fraction of sp³-hybridized carbons (Fsp3) is 0.500. The molecule has 2 heterocycles. The molecule has 0 bridgehead atoms. The van der Waals surface area contributed by atoms with Crippen molar-refractivity contribution in [3.63, 3.8) is 0 Å². The molecule has 1 saturated heterocycles. The minimum Gasteiger partial charge on any atom is -0.396 e. The zero-order chi connectivity index (χ0) is 9.97. The summed E-state index contributed by atoms with van der Waals surface area (Å²) in [5.74, 6) is 0. The number of aromatic nitrogens is 1. The predicted octanol–water partition coefficient (Wildman–Crippen LogP) is 0.591. The zero-order valence-corrected chi connectivity index (χ0v) is 8.19. The van der Waals surface area contributed by atoms with Crippen LogP contribution in [0.4, 0.5) is 11.4 Å². The van der Waals surface area contributed by atoms with Crippen LogP contribution in [-0.4, -0.2) is 24.1 Å². The highest BCUT2D eigenvalue weighted by Crippen LogP contribution is 2.24. The third kappa shape index (κ3) is 1.80. The third-order valence-electron chi connectivity index (χ3n) is 2.63. The molecule has 1 unspecified atom stereocenters. The Morgan fingerprint density at radius 1 is 1.50 bits per heavy atom. The van der Waals surface area contributed by atoms with E-state index >= 15 is 0 Å². The molecule has 14 heavy (non-hydrogen) atoms. The molecule has 4 nitrogen and oxygen atoms in total. The van der Waals surface area contributed by atoms with Gasteiger partial charge in [-0.25, -0.2) is 0 Å². The molecule has 2 rings (SSSR count). The largest absolute Gasteiger partial charge is 0.396 e. The molecule has 76 valence electrons. The summed E-state index contributed by atoms with van der Waals surface area (Å²) in [7, 11) is 0. The van der Waals surface area contributed by atoms with E-state index in [1.165, 1.54) is 0 Å². The molecule has 0 spiro atoms. The van der Waals surface area contributed by atoms with Gasteiger partial charge in [0.1, 0.15) is 0 Å². The summed E-state index contributed by atoms with van der Waals surface area (Å²) in [4.78, 5) is 6.22. The van der Waals surface area contributed by atoms with Gasteiger partial charge in [0.05, 0.1) is 17.6 Å². The van der Waals surface area contributed by atoms with E-state index in [4.69, 9.17) is 11.5 Å². The van der Waals surface area contributed by atoms with Crippen molar-refractivity contribution in [1.82, 2.24) is 4.98 Å². The molecule has 0 amide bonds. The Labute approximate surface area is 83.9 Å². The summed E-state index contributed by atoms with van der Waals surface area (Å²) in [5, 5.41) is 0. The highest BCUT2D eigenvalue weighted by Gasteiger charge is 2.18. The van der Waals surface area contributed by atoms with E-state index in [0.29, 0.717) is 0 Å². The van der Waals surface area contributed by atoms with E-state index in [2.05, 4.69) is 9.88 Å². The molecule has 1 fully saturated rings. The molecule has 1 aliphatic heterocycles. The number of nitrogen functional groups attached to an aromatic ring is 1. The van der Waals surface area contributed by atoms with Crippen LogP contribution in [0.3, 0.4) is 0 Å². The molecular weight excluding hydrogens is 176 g/mol. The first kappa shape index (κ1) is 9.27. The minimum absolute atomic E-state index is 0.274. The third-order valence-corrected chi connectivity index (χ3v) is 2.63. The van der Waals surface area contributed by atoms with Crippen LogP contribution in [0, 0.1) is 0 Å². The number of nitrogens with zero attached hydrogens (tertiary/aromatic N) is 2. The SMILES string of the molecule is Nc1cnccc1N1CCCC(N)C1. The first-order valence-corrected chi connectivity index (χ1v) is 4.97. The van der Waals surface area contributed by atoms with Crippen LogP contribution in [0.5, 0.6) is 0 Å². The Hall–Kier alpha value is -1.29. The normalized spacial score (nSPS) is 22.4. The van der Waals surface area contributed by atoms with Crippen molar-refractivity contribution in [3.8, 4) is 0 Å².